The molecule has 1 aromatic heterocycles. The van der Waals surface area contributed by atoms with E-state index in [1.54, 1.807) is 11.3 Å². The van der Waals surface area contributed by atoms with Crippen molar-refractivity contribution in [2.45, 2.75) is 58.5 Å². The molecule has 0 bridgehead atoms. The quantitative estimate of drug-likeness (QED) is 0.813. The highest BCUT2D eigenvalue weighted by Gasteiger charge is 2.18. The van der Waals surface area contributed by atoms with Crippen molar-refractivity contribution in [3.63, 3.8) is 0 Å². The molecule has 1 heterocycles. The molecule has 2 heteroatoms. The Bertz CT molecular complexity index is 296. The first kappa shape index (κ1) is 12.7. The summed E-state index contributed by atoms with van der Waals surface area (Å²) in [5, 5.41) is 9.94. The minimum absolute atomic E-state index is 0.202. The van der Waals surface area contributed by atoms with E-state index in [1.165, 1.54) is 4.88 Å². The molecule has 0 saturated carbocycles. The van der Waals surface area contributed by atoms with Gasteiger partial charge < -0.3 is 5.11 Å². The van der Waals surface area contributed by atoms with Crippen LogP contribution < -0.4 is 0 Å². The molecule has 0 radical (unpaired) electrons. The van der Waals surface area contributed by atoms with Crippen molar-refractivity contribution in [3.05, 3.63) is 21.9 Å². The lowest BCUT2D eigenvalue weighted by molar-refractivity contribution is 0.168. The second-order valence-corrected chi connectivity index (χ2v) is 6.23. The Labute approximate surface area is 97.2 Å². The van der Waals surface area contributed by atoms with Gasteiger partial charge in [0.05, 0.1) is 6.10 Å². The van der Waals surface area contributed by atoms with Crippen molar-refractivity contribution in [2.24, 2.45) is 0 Å². The predicted octanol–water partition coefficient (Wildman–Crippen LogP) is 4.27. The number of hydrogen-bond donors (Lipinski definition) is 1. The van der Waals surface area contributed by atoms with Crippen LogP contribution in [0.5, 0.6) is 0 Å². The van der Waals surface area contributed by atoms with Crippen LogP contribution in [0.4, 0.5) is 0 Å². The van der Waals surface area contributed by atoms with Gasteiger partial charge in [-0.15, -0.1) is 11.3 Å². The zero-order chi connectivity index (χ0) is 11.5. The van der Waals surface area contributed by atoms with Gasteiger partial charge in [0, 0.05) is 9.75 Å². The summed E-state index contributed by atoms with van der Waals surface area (Å²) in [5.74, 6) is 0. The molecule has 0 aromatic carbocycles. The number of hydrogen-bond acceptors (Lipinski definition) is 2. The Morgan fingerprint density at radius 3 is 2.47 bits per heavy atom. The molecule has 0 saturated heterocycles. The van der Waals surface area contributed by atoms with Crippen LogP contribution in [0.3, 0.4) is 0 Å². The molecule has 1 nitrogen and oxygen atoms in total. The van der Waals surface area contributed by atoms with E-state index in [0.29, 0.717) is 0 Å². The molecule has 15 heavy (non-hydrogen) atoms. The molecule has 0 aliphatic heterocycles. The molecule has 1 rings (SSSR count). The van der Waals surface area contributed by atoms with E-state index in [1.807, 2.05) is 0 Å². The third kappa shape index (κ3) is 3.62. The van der Waals surface area contributed by atoms with Crippen molar-refractivity contribution in [2.75, 3.05) is 0 Å². The highest BCUT2D eigenvalue weighted by molar-refractivity contribution is 7.12. The van der Waals surface area contributed by atoms with E-state index < -0.39 is 0 Å². The van der Waals surface area contributed by atoms with Crippen LogP contribution in [0.1, 0.15) is 62.8 Å². The highest BCUT2D eigenvalue weighted by atomic mass is 32.1. The number of unbranched alkanes of at least 4 members (excludes halogenated alkanes) is 1. The van der Waals surface area contributed by atoms with Gasteiger partial charge in [-0.3, -0.25) is 0 Å². The van der Waals surface area contributed by atoms with Gasteiger partial charge in [0.2, 0.25) is 0 Å². The lowest BCUT2D eigenvalue weighted by atomic mass is 9.95. The fourth-order valence-electron chi connectivity index (χ4n) is 1.47. The summed E-state index contributed by atoms with van der Waals surface area (Å²) in [6.07, 6.45) is 2.88. The zero-order valence-electron chi connectivity index (χ0n) is 10.2. The van der Waals surface area contributed by atoms with Crippen molar-refractivity contribution in [1.29, 1.82) is 0 Å². The molecule has 1 aromatic rings. The third-order valence-corrected chi connectivity index (χ3v) is 4.14. The molecule has 0 spiro atoms. The molecular weight excluding hydrogens is 204 g/mol. The summed E-state index contributed by atoms with van der Waals surface area (Å²) in [7, 11) is 0. The van der Waals surface area contributed by atoms with Crippen LogP contribution in [0.2, 0.25) is 0 Å². The first-order valence-corrected chi connectivity index (χ1v) is 6.55. The lowest BCUT2D eigenvalue weighted by Crippen LogP contribution is -2.07. The summed E-state index contributed by atoms with van der Waals surface area (Å²) >= 11 is 1.75. The van der Waals surface area contributed by atoms with Gasteiger partial charge in [-0.25, -0.2) is 0 Å². The van der Waals surface area contributed by atoms with Crippen molar-refractivity contribution in [3.8, 4) is 0 Å². The molecule has 0 aliphatic carbocycles. The van der Waals surface area contributed by atoms with Gasteiger partial charge >= 0.3 is 0 Å². The summed E-state index contributed by atoms with van der Waals surface area (Å²) in [6, 6.07) is 4.22. The monoisotopic (exact) mass is 226 g/mol. The van der Waals surface area contributed by atoms with E-state index in [-0.39, 0.29) is 11.5 Å². The standard InChI is InChI=1S/C13H22OS/c1-5-6-7-10(14)11-8-9-12(15-11)13(2,3)4/h8-10,14H,5-7H2,1-4H3. The van der Waals surface area contributed by atoms with Gasteiger partial charge in [0.15, 0.2) is 0 Å². The molecule has 0 fully saturated rings. The second kappa shape index (κ2) is 5.13. The largest absolute Gasteiger partial charge is 0.388 e. The average Bonchev–Trinajstić information content (AvgIpc) is 2.62. The molecule has 1 unspecified atom stereocenters. The zero-order valence-corrected chi connectivity index (χ0v) is 11.0. The summed E-state index contributed by atoms with van der Waals surface area (Å²) < 4.78 is 0. The maximum Gasteiger partial charge on any atom is 0.0882 e. The smallest absolute Gasteiger partial charge is 0.0882 e. The van der Waals surface area contributed by atoms with Gasteiger partial charge in [-0.05, 0) is 24.0 Å². The van der Waals surface area contributed by atoms with Gasteiger partial charge in [0.1, 0.15) is 0 Å². The number of rotatable bonds is 4. The minimum Gasteiger partial charge on any atom is -0.388 e. The topological polar surface area (TPSA) is 20.2 Å². The normalized spacial score (nSPS) is 14.2. The van der Waals surface area contributed by atoms with E-state index >= 15 is 0 Å². The first-order valence-electron chi connectivity index (χ1n) is 5.73. The fourth-order valence-corrected chi connectivity index (χ4v) is 2.56. The predicted molar refractivity (Wildman–Crippen MR) is 67.5 cm³/mol. The van der Waals surface area contributed by atoms with Crippen LogP contribution >= 0.6 is 11.3 Å². The molecule has 0 aliphatic rings. The van der Waals surface area contributed by atoms with Crippen LogP contribution in [0.25, 0.3) is 0 Å². The summed E-state index contributed by atoms with van der Waals surface area (Å²) in [6.45, 7) is 8.78. The van der Waals surface area contributed by atoms with Crippen molar-refractivity contribution in [1.82, 2.24) is 0 Å². The maximum absolute atomic E-state index is 9.94. The Balaban J connectivity index is 2.67. The highest BCUT2D eigenvalue weighted by Crippen LogP contribution is 2.33. The Hall–Kier alpha value is -0.340. The molecule has 1 N–H and O–H groups in total. The number of thiophene rings is 1. The Morgan fingerprint density at radius 1 is 1.33 bits per heavy atom. The van der Waals surface area contributed by atoms with E-state index in [9.17, 15) is 5.11 Å². The Kier molecular flexibility index (Phi) is 4.35. The fraction of sp³-hybridized carbons (Fsp3) is 0.692. The average molecular weight is 226 g/mol. The SMILES string of the molecule is CCCCC(O)c1ccc(C(C)(C)C)s1. The molecule has 86 valence electrons. The Morgan fingerprint density at radius 2 is 2.00 bits per heavy atom. The van der Waals surface area contributed by atoms with Crippen molar-refractivity contribution >= 4 is 11.3 Å². The van der Waals surface area contributed by atoms with Crippen LogP contribution in [0.15, 0.2) is 12.1 Å². The van der Waals surface area contributed by atoms with Gasteiger partial charge in [-0.1, -0.05) is 40.5 Å². The maximum atomic E-state index is 9.94. The van der Waals surface area contributed by atoms with Crippen LogP contribution in [-0.2, 0) is 5.41 Å². The summed E-state index contributed by atoms with van der Waals surface area (Å²) in [4.78, 5) is 2.47. The number of aliphatic hydroxyl groups excluding tert-OH is 1. The molecular formula is C13H22OS. The van der Waals surface area contributed by atoms with Gasteiger partial charge in [-0.2, -0.15) is 0 Å². The molecule has 1 atom stereocenters. The van der Waals surface area contributed by atoms with Crippen LogP contribution in [0, 0.1) is 0 Å². The van der Waals surface area contributed by atoms with E-state index in [2.05, 4.69) is 39.8 Å². The molecule has 0 amide bonds. The summed E-state index contributed by atoms with van der Waals surface area (Å²) in [5.41, 5.74) is 0.202. The lowest BCUT2D eigenvalue weighted by Gasteiger charge is -2.15. The van der Waals surface area contributed by atoms with Gasteiger partial charge in [0.25, 0.3) is 0 Å². The first-order chi connectivity index (χ1) is 6.95. The second-order valence-electron chi connectivity index (χ2n) is 5.11. The van der Waals surface area contributed by atoms with E-state index in [4.69, 9.17) is 0 Å². The number of aliphatic hydroxyl groups is 1. The van der Waals surface area contributed by atoms with Crippen molar-refractivity contribution < 1.29 is 5.11 Å². The van der Waals surface area contributed by atoms with E-state index in [0.717, 1.165) is 24.1 Å². The third-order valence-electron chi connectivity index (χ3n) is 2.53. The minimum atomic E-state index is -0.258. The van der Waals surface area contributed by atoms with Crippen LogP contribution in [-0.4, -0.2) is 5.11 Å².